The molecule has 0 unspecified atom stereocenters. The van der Waals surface area contributed by atoms with E-state index in [0.717, 1.165) is 64.5 Å². The molecule has 5 heterocycles. The van der Waals surface area contributed by atoms with Crippen molar-refractivity contribution in [3.63, 3.8) is 0 Å². The van der Waals surface area contributed by atoms with E-state index >= 15 is 0 Å². The van der Waals surface area contributed by atoms with Gasteiger partial charge in [-0.2, -0.15) is 0 Å². The van der Waals surface area contributed by atoms with Gasteiger partial charge in [0.1, 0.15) is 0 Å². The van der Waals surface area contributed by atoms with Gasteiger partial charge < -0.3 is 84.2 Å². The van der Waals surface area contributed by atoms with Gasteiger partial charge in [0.2, 0.25) is 29.5 Å². The first-order valence-electron chi connectivity index (χ1n) is 43.1. The molecule has 132 heavy (non-hydrogen) atoms. The van der Waals surface area contributed by atoms with E-state index in [1.54, 1.807) is 124 Å². The second-order valence-electron chi connectivity index (χ2n) is 32.6. The van der Waals surface area contributed by atoms with E-state index in [1.807, 2.05) is 71.6 Å². The van der Waals surface area contributed by atoms with Gasteiger partial charge in [0, 0.05) is 197 Å². The van der Waals surface area contributed by atoms with Gasteiger partial charge >= 0.3 is 0 Å². The third-order valence-corrected chi connectivity index (χ3v) is 26.2. The fraction of sp³-hybridized carbons (Fsp3) is 0.347. The van der Waals surface area contributed by atoms with Crippen LogP contribution < -0.4 is 59.7 Å². The van der Waals surface area contributed by atoms with Crippen LogP contribution in [0.4, 0.5) is 0 Å². The number of likely N-dealkylation sites (tertiary alicyclic amines) is 1. The van der Waals surface area contributed by atoms with Crippen LogP contribution in [-0.4, -0.2) is 212 Å². The van der Waals surface area contributed by atoms with Gasteiger partial charge in [-0.05, 0) is 230 Å². The molecule has 24 nitrogen and oxygen atoms in total. The third-order valence-electron chi connectivity index (χ3n) is 22.7. The average molecular weight is 2060 g/mol. The van der Waals surface area contributed by atoms with E-state index in [4.69, 9.17) is 168 Å². The highest BCUT2D eigenvalue weighted by atomic mass is 35.5. The fourth-order valence-corrected chi connectivity index (χ4v) is 18.9. The van der Waals surface area contributed by atoms with Gasteiger partial charge in [-0.25, -0.2) is 0 Å². The molecule has 0 bridgehead atoms. The molecular formula is C95H103Cl13N16O8. The van der Waals surface area contributed by atoms with E-state index in [1.165, 1.54) is 18.6 Å². The summed E-state index contributed by atoms with van der Waals surface area (Å²) in [6.45, 7) is 8.29. The highest BCUT2D eigenvalue weighted by molar-refractivity contribution is 6.43. The van der Waals surface area contributed by atoms with Crippen molar-refractivity contribution >= 4 is 215 Å². The van der Waals surface area contributed by atoms with Crippen molar-refractivity contribution in [1.82, 2.24) is 67.0 Å². The topological polar surface area (TPSA) is 327 Å². The summed E-state index contributed by atoms with van der Waals surface area (Å²) in [5.41, 5.74) is 23.4. The number of halogens is 13. The van der Waals surface area contributed by atoms with Gasteiger partial charge in [0.05, 0.1) is 44.3 Å². The second-order valence-corrected chi connectivity index (χ2v) is 38.2. The number of hydrogen-bond donors (Lipinski definition) is 11. The molecule has 0 radical (unpaired) electrons. The lowest BCUT2D eigenvalue weighted by atomic mass is 10.1. The number of fused-ring (bicyclic) bond motifs is 1. The Morgan fingerprint density at radius 3 is 1.00 bits per heavy atom. The molecule has 5 aliphatic heterocycles. The van der Waals surface area contributed by atoms with Gasteiger partial charge in [0.15, 0.2) is 0 Å². The van der Waals surface area contributed by atoms with Gasteiger partial charge in [-0.3, -0.25) is 38.4 Å². The molecule has 0 aliphatic carbocycles. The van der Waals surface area contributed by atoms with E-state index in [0.29, 0.717) is 193 Å². The Hall–Kier alpha value is -7.81. The molecule has 37 heteroatoms. The van der Waals surface area contributed by atoms with Crippen LogP contribution in [0.25, 0.3) is 16.8 Å². The first-order valence-corrected chi connectivity index (χ1v) is 48.0. The summed E-state index contributed by atoms with van der Waals surface area (Å²) in [5.74, 6) is -1.07. The Labute approximate surface area is 833 Å². The number of nitrogens with zero attached hydrogens (tertiary/aromatic N) is 5. The summed E-state index contributed by atoms with van der Waals surface area (Å²) in [6.07, 6.45) is 9.39. The van der Waals surface area contributed by atoms with Crippen molar-refractivity contribution < 1.29 is 38.4 Å². The minimum absolute atomic E-state index is 0.0509. The van der Waals surface area contributed by atoms with Crippen LogP contribution in [0.3, 0.4) is 0 Å². The van der Waals surface area contributed by atoms with Crippen molar-refractivity contribution in [2.24, 2.45) is 17.2 Å². The Balaban J connectivity index is 0.000000170. The SMILES string of the molecule is NC[C@@H]1N[C@H](CNC(=O)/C=C/c2ccc(Cl)cc2)CCN(Cc2cc(Cl)cc(Cl)c2)C1=O.NC[C@@H]1N[C@H](CNC(=O)c2ccc(Cl)c(Cl)c2)CCN(Cc2cc(Cl)cc(Cl)c2)C1=O.NC[C@@H]1N[C@H](CNC(=O)c2ccc3ccccc3c2)CCN(Cc2cc(Cl)cc(Cl)c2)C1=O.O=C(NC[C@@H]1CCN(Cc2cc(Cl)cc(Cl)c2)C(=O)[C@H](CN2CCCCC2)N1)c1ccc(Cl)c(Cl)c1. The van der Waals surface area contributed by atoms with Crippen LogP contribution in [0, 0.1) is 0 Å². The minimum atomic E-state index is -0.552. The molecule has 5 fully saturated rings. The maximum atomic E-state index is 13.6. The lowest BCUT2D eigenvalue weighted by Crippen LogP contribution is -2.54. The van der Waals surface area contributed by atoms with Crippen molar-refractivity contribution in [3.8, 4) is 0 Å². The highest BCUT2D eigenvalue weighted by Crippen LogP contribution is 2.30. The lowest BCUT2D eigenvalue weighted by Gasteiger charge is -2.32. The lowest BCUT2D eigenvalue weighted by molar-refractivity contribution is -0.134. The first kappa shape index (κ1) is 105. The second kappa shape index (κ2) is 51.9. The van der Waals surface area contributed by atoms with Gasteiger partial charge in [0.25, 0.3) is 17.7 Å². The number of piperidine rings is 1. The zero-order valence-corrected chi connectivity index (χ0v) is 81.7. The monoisotopic (exact) mass is 2050 g/mol. The summed E-state index contributed by atoms with van der Waals surface area (Å²) in [5, 5.41) is 33.5. The number of hydrogen-bond acceptors (Lipinski definition) is 16. The quantitative estimate of drug-likeness (QED) is 0.0224. The molecule has 5 saturated heterocycles. The number of carbonyl (C=O) groups is 8. The predicted octanol–water partition coefficient (Wildman–Crippen LogP) is 16.1. The highest BCUT2D eigenvalue weighted by Gasteiger charge is 2.36. The normalized spacial score (nSPS) is 19.7. The van der Waals surface area contributed by atoms with Crippen molar-refractivity contribution in [1.29, 1.82) is 0 Å². The maximum Gasteiger partial charge on any atom is 0.251 e. The molecular weight excluding hydrogens is 1950 g/mol. The molecule has 702 valence electrons. The molecule has 8 atom stereocenters. The summed E-state index contributed by atoms with van der Waals surface area (Å²) in [4.78, 5) is 112. The number of benzene rings is 9. The average Bonchev–Trinajstić information content (AvgIpc) is 1.05. The predicted molar refractivity (Wildman–Crippen MR) is 534 cm³/mol. The van der Waals surface area contributed by atoms with Crippen LogP contribution in [0.1, 0.15) is 104 Å². The Bertz CT molecular complexity index is 5470. The van der Waals surface area contributed by atoms with E-state index in [-0.39, 0.29) is 97.1 Å². The third kappa shape index (κ3) is 32.4. The molecule has 5 aliphatic rings. The maximum absolute atomic E-state index is 13.6. The zero-order valence-electron chi connectivity index (χ0n) is 71.8. The summed E-state index contributed by atoms with van der Waals surface area (Å²) in [7, 11) is 0. The van der Waals surface area contributed by atoms with E-state index < -0.39 is 18.1 Å². The van der Waals surface area contributed by atoms with Gasteiger partial charge in [-0.1, -0.05) is 200 Å². The number of rotatable bonds is 26. The minimum Gasteiger partial charge on any atom is -0.351 e. The molecule has 9 aromatic rings. The molecule has 8 amide bonds. The van der Waals surface area contributed by atoms with Gasteiger partial charge in [-0.15, -0.1) is 0 Å². The van der Waals surface area contributed by atoms with Crippen LogP contribution in [-0.2, 0) is 50.2 Å². The molecule has 14 rings (SSSR count). The number of carbonyl (C=O) groups excluding carboxylic acids is 8. The smallest absolute Gasteiger partial charge is 0.251 e. The molecule has 0 saturated carbocycles. The number of nitrogens with two attached hydrogens (primary N) is 3. The summed E-state index contributed by atoms with van der Waals surface area (Å²) >= 11 is 78.7. The van der Waals surface area contributed by atoms with Crippen LogP contribution in [0.2, 0.25) is 65.3 Å². The van der Waals surface area contributed by atoms with E-state index in [9.17, 15) is 38.4 Å². The van der Waals surface area contributed by atoms with E-state index in [2.05, 4.69) is 47.4 Å². The Morgan fingerprint density at radius 2 is 0.652 bits per heavy atom. The molecule has 0 spiro atoms. The first-order chi connectivity index (χ1) is 63.3. The number of amides is 8. The summed E-state index contributed by atoms with van der Waals surface area (Å²) < 4.78 is 0. The Morgan fingerprint density at radius 1 is 0.333 bits per heavy atom. The molecule has 9 aromatic carbocycles. The Kier molecular flexibility index (Phi) is 41.2. The largest absolute Gasteiger partial charge is 0.351 e. The zero-order chi connectivity index (χ0) is 94.7. The summed E-state index contributed by atoms with van der Waals surface area (Å²) in [6, 6.07) is 49.0. The standard InChI is InChI=1S/C26H30Cl4N4O2.C25H26Cl2N4O2.C23H25Cl3N4O2.C21H22Cl4N4O2/c27-19-10-17(11-20(28)13-19)15-34-9-6-21(14-31-25(35)18-4-5-22(29)23(30)12-18)32-24(26(34)36)16-33-7-2-1-3-8-33;26-20-9-16(10-21(27)12-20)15-31-8-7-22(30-23(13-28)25(31)33)14-29-24(32)19-6-5-17-3-1-2-4-18(17)11-19;24-17-4-1-15(2-5-17)3-6-22(31)28-13-20-7-8-30(23(32)21(12-27)29-20)14-16-9-18(25)11-19(26)10-16;22-14-5-12(6-15(23)8-14)11-29-4-3-16(28-19(9-26)21(29)31)10-27-20(30)13-1-2-17(24)18(25)7-13/h4-5,10-13,21,24,32H,1-3,6-9,14-16H2,(H,31,35);1-6,9-12,22-23,30H,7-8,13-15,28H2,(H,29,32);1-6,9-11,20-21,29H,7-8,12-14,27H2,(H,28,31);1-2,5-8,16,19,28H,3-4,9-11,26H2,(H,27,30)/b;;6-3+;/t21-,24-;22-,23-;20-,21-;16-,19-/m0000/s1. The fourth-order valence-electron chi connectivity index (χ4n) is 15.9. The van der Waals surface area contributed by atoms with Crippen molar-refractivity contribution in [3.05, 3.63) is 292 Å². The molecule has 14 N–H and O–H groups in total. The van der Waals surface area contributed by atoms with Crippen LogP contribution >= 0.6 is 151 Å². The van der Waals surface area contributed by atoms with Crippen molar-refractivity contribution in [2.75, 3.05) is 91.6 Å². The molecule has 0 aromatic heterocycles. The van der Waals surface area contributed by atoms with Crippen molar-refractivity contribution in [2.45, 2.75) is 119 Å². The number of nitrogens with one attached hydrogen (secondary N) is 8. The van der Waals surface area contributed by atoms with Crippen LogP contribution in [0.5, 0.6) is 0 Å². The van der Waals surface area contributed by atoms with Crippen LogP contribution in [0.15, 0.2) is 182 Å².